The molecular formula is C22H14Cl2N2O4. The van der Waals surface area contributed by atoms with Gasteiger partial charge in [-0.3, -0.25) is 14.9 Å². The van der Waals surface area contributed by atoms with Gasteiger partial charge < -0.3 is 4.42 Å². The number of anilines is 1. The fourth-order valence-corrected chi connectivity index (χ4v) is 3.36. The van der Waals surface area contributed by atoms with Crippen molar-refractivity contribution in [3.05, 3.63) is 81.5 Å². The molecular weight excluding hydrogens is 427 g/mol. The van der Waals surface area contributed by atoms with Crippen LogP contribution in [0.3, 0.4) is 0 Å². The molecule has 0 saturated carbocycles. The molecule has 0 unspecified atom stereocenters. The lowest BCUT2D eigenvalue weighted by atomic mass is 10.1. The first-order valence-corrected chi connectivity index (χ1v) is 9.62. The minimum atomic E-state index is -0.834. The second-order valence-corrected chi connectivity index (χ2v) is 7.47. The molecule has 0 bridgehead atoms. The van der Waals surface area contributed by atoms with Crippen molar-refractivity contribution in [3.8, 4) is 11.3 Å². The summed E-state index contributed by atoms with van der Waals surface area (Å²) < 4.78 is 5.80. The molecule has 2 aromatic carbocycles. The number of carbonyl (C=O) groups is 3. The van der Waals surface area contributed by atoms with Gasteiger partial charge in [-0.15, -0.1) is 0 Å². The molecule has 4 amide bonds. The third-order valence-electron chi connectivity index (χ3n) is 4.56. The number of rotatable bonds is 3. The van der Waals surface area contributed by atoms with Crippen LogP contribution in [-0.4, -0.2) is 17.8 Å². The van der Waals surface area contributed by atoms with Gasteiger partial charge in [0.15, 0.2) is 0 Å². The van der Waals surface area contributed by atoms with E-state index in [4.69, 9.17) is 27.6 Å². The highest BCUT2D eigenvalue weighted by Gasteiger charge is 2.37. The highest BCUT2D eigenvalue weighted by molar-refractivity contribution is 6.39. The third kappa shape index (κ3) is 3.75. The van der Waals surface area contributed by atoms with E-state index in [2.05, 4.69) is 5.32 Å². The van der Waals surface area contributed by atoms with Crippen LogP contribution in [0.5, 0.6) is 0 Å². The van der Waals surface area contributed by atoms with Gasteiger partial charge in [0.2, 0.25) is 0 Å². The quantitative estimate of drug-likeness (QED) is 0.446. The Morgan fingerprint density at radius 1 is 0.933 bits per heavy atom. The van der Waals surface area contributed by atoms with Crippen molar-refractivity contribution < 1.29 is 18.8 Å². The molecule has 30 heavy (non-hydrogen) atoms. The lowest BCUT2D eigenvalue weighted by Gasteiger charge is -2.26. The van der Waals surface area contributed by atoms with Gasteiger partial charge in [-0.2, -0.15) is 0 Å². The van der Waals surface area contributed by atoms with E-state index in [0.717, 1.165) is 16.0 Å². The molecule has 1 aliphatic heterocycles. The molecule has 8 heteroatoms. The summed E-state index contributed by atoms with van der Waals surface area (Å²) >= 11 is 11.9. The van der Waals surface area contributed by atoms with E-state index < -0.39 is 17.8 Å². The van der Waals surface area contributed by atoms with Crippen LogP contribution in [0, 0.1) is 6.92 Å². The number of nitrogens with zero attached hydrogens (tertiary/aromatic N) is 1. The fourth-order valence-electron chi connectivity index (χ4n) is 3.06. The number of benzene rings is 2. The Bertz CT molecular complexity index is 1210. The average molecular weight is 441 g/mol. The predicted octanol–water partition coefficient (Wildman–Crippen LogP) is 5.23. The van der Waals surface area contributed by atoms with E-state index in [1.54, 1.807) is 36.4 Å². The van der Waals surface area contributed by atoms with Crippen molar-refractivity contribution >= 4 is 52.8 Å². The summed E-state index contributed by atoms with van der Waals surface area (Å²) in [5.41, 5.74) is 1.81. The van der Waals surface area contributed by atoms with Crippen molar-refractivity contribution in [2.24, 2.45) is 0 Å². The maximum absolute atomic E-state index is 12.9. The van der Waals surface area contributed by atoms with E-state index in [9.17, 15) is 14.4 Å². The summed E-state index contributed by atoms with van der Waals surface area (Å²) in [5, 5.41) is 3.18. The zero-order valence-corrected chi connectivity index (χ0v) is 17.1. The summed E-state index contributed by atoms with van der Waals surface area (Å²) in [6.07, 6.45) is 1.30. The number of carbonyl (C=O) groups excluding carboxylic acids is 3. The molecule has 0 radical (unpaired) electrons. The van der Waals surface area contributed by atoms with Crippen LogP contribution in [0.4, 0.5) is 10.5 Å². The predicted molar refractivity (Wildman–Crippen MR) is 114 cm³/mol. The van der Waals surface area contributed by atoms with Crippen molar-refractivity contribution in [1.29, 1.82) is 0 Å². The smallest absolute Gasteiger partial charge is 0.335 e. The molecule has 1 aliphatic rings. The first kappa shape index (κ1) is 19.9. The first-order valence-electron chi connectivity index (χ1n) is 8.87. The maximum atomic E-state index is 12.9. The van der Waals surface area contributed by atoms with Crippen LogP contribution < -0.4 is 10.2 Å². The maximum Gasteiger partial charge on any atom is 0.335 e. The molecule has 0 spiro atoms. The van der Waals surface area contributed by atoms with Gasteiger partial charge in [-0.1, -0.05) is 29.3 Å². The zero-order chi connectivity index (χ0) is 21.4. The summed E-state index contributed by atoms with van der Waals surface area (Å²) in [4.78, 5) is 38.3. The number of hydrogen-bond acceptors (Lipinski definition) is 4. The Kier molecular flexibility index (Phi) is 5.20. The van der Waals surface area contributed by atoms with Crippen LogP contribution >= 0.6 is 23.2 Å². The fraction of sp³-hybridized carbons (Fsp3) is 0.0455. The largest absolute Gasteiger partial charge is 0.457 e. The Balaban J connectivity index is 1.69. The van der Waals surface area contributed by atoms with Crippen LogP contribution in [0.15, 0.2) is 64.6 Å². The number of halogens is 2. The van der Waals surface area contributed by atoms with Crippen LogP contribution in [-0.2, 0) is 9.59 Å². The molecule has 1 fully saturated rings. The monoisotopic (exact) mass is 440 g/mol. The van der Waals surface area contributed by atoms with Crippen LogP contribution in [0.1, 0.15) is 11.3 Å². The van der Waals surface area contributed by atoms with E-state index in [-0.39, 0.29) is 17.0 Å². The molecule has 0 atom stereocenters. The minimum Gasteiger partial charge on any atom is -0.457 e. The molecule has 150 valence electrons. The second kappa shape index (κ2) is 7.82. The normalized spacial score (nSPS) is 15.6. The van der Waals surface area contributed by atoms with Crippen molar-refractivity contribution in [2.75, 3.05) is 4.90 Å². The number of furan rings is 1. The van der Waals surface area contributed by atoms with Gasteiger partial charge in [0.25, 0.3) is 11.8 Å². The summed E-state index contributed by atoms with van der Waals surface area (Å²) in [6.45, 7) is 1.92. The average Bonchev–Trinajstić information content (AvgIpc) is 3.17. The van der Waals surface area contributed by atoms with Crippen LogP contribution in [0.2, 0.25) is 10.0 Å². The zero-order valence-electron chi connectivity index (χ0n) is 15.6. The lowest BCUT2D eigenvalue weighted by molar-refractivity contribution is -0.122. The molecule has 6 nitrogen and oxygen atoms in total. The number of amides is 4. The third-order valence-corrected chi connectivity index (χ3v) is 5.05. The summed E-state index contributed by atoms with van der Waals surface area (Å²) in [6, 6.07) is 14.1. The van der Waals surface area contributed by atoms with Gasteiger partial charge in [0, 0.05) is 15.6 Å². The molecule has 1 aromatic heterocycles. The van der Waals surface area contributed by atoms with E-state index in [1.807, 2.05) is 13.0 Å². The number of nitrogens with one attached hydrogen (secondary N) is 1. The Labute approximate surface area is 181 Å². The van der Waals surface area contributed by atoms with Crippen molar-refractivity contribution in [3.63, 3.8) is 0 Å². The molecule has 1 N–H and O–H groups in total. The van der Waals surface area contributed by atoms with Gasteiger partial charge in [-0.25, -0.2) is 9.69 Å². The Morgan fingerprint density at radius 3 is 2.37 bits per heavy atom. The van der Waals surface area contributed by atoms with Gasteiger partial charge in [0.05, 0.1) is 5.69 Å². The Hall–Kier alpha value is -3.35. The molecule has 2 heterocycles. The summed E-state index contributed by atoms with van der Waals surface area (Å²) in [7, 11) is 0. The SMILES string of the molecule is Cc1ccc(Cl)cc1-c1ccc(/C=C2/C(=O)NC(=O)N(c3ccc(Cl)cc3)C2=O)o1. The van der Waals surface area contributed by atoms with Crippen LogP contribution in [0.25, 0.3) is 17.4 Å². The minimum absolute atomic E-state index is 0.228. The lowest BCUT2D eigenvalue weighted by Crippen LogP contribution is -2.54. The number of hydrogen-bond donors (Lipinski definition) is 1. The topological polar surface area (TPSA) is 79.6 Å². The van der Waals surface area contributed by atoms with Gasteiger partial charge >= 0.3 is 6.03 Å². The first-order chi connectivity index (χ1) is 14.3. The number of urea groups is 1. The second-order valence-electron chi connectivity index (χ2n) is 6.60. The molecule has 4 rings (SSSR count). The molecule has 0 aliphatic carbocycles. The number of aryl methyl sites for hydroxylation is 1. The van der Waals surface area contributed by atoms with E-state index in [1.165, 1.54) is 18.2 Å². The Morgan fingerprint density at radius 2 is 1.63 bits per heavy atom. The van der Waals surface area contributed by atoms with E-state index >= 15 is 0 Å². The van der Waals surface area contributed by atoms with E-state index in [0.29, 0.717) is 15.8 Å². The standard InChI is InChI=1S/C22H14Cl2N2O4/c1-12-2-3-14(24)10-17(12)19-9-8-16(30-19)11-18-20(27)25-22(29)26(21(18)28)15-6-4-13(23)5-7-15/h2-11H,1H3,(H,25,27,29)/b18-11-. The molecule has 1 saturated heterocycles. The summed E-state index contributed by atoms with van der Waals surface area (Å²) in [5.74, 6) is -0.737. The number of barbiturate groups is 1. The van der Waals surface area contributed by atoms with Crippen molar-refractivity contribution in [2.45, 2.75) is 6.92 Å². The molecule has 3 aromatic rings. The number of imide groups is 2. The highest BCUT2D eigenvalue weighted by atomic mass is 35.5. The van der Waals surface area contributed by atoms with Gasteiger partial charge in [-0.05, 0) is 67.1 Å². The van der Waals surface area contributed by atoms with Gasteiger partial charge in [0.1, 0.15) is 17.1 Å². The van der Waals surface area contributed by atoms with Crippen molar-refractivity contribution in [1.82, 2.24) is 5.32 Å². The highest BCUT2D eigenvalue weighted by Crippen LogP contribution is 2.30.